The van der Waals surface area contributed by atoms with Gasteiger partial charge in [0.1, 0.15) is 0 Å². The molecular formula is C56H72N8. The molecule has 4 heterocycles. The van der Waals surface area contributed by atoms with Crippen LogP contribution in [0.2, 0.25) is 0 Å². The Morgan fingerprint density at radius 2 is 0.422 bits per heavy atom. The summed E-state index contributed by atoms with van der Waals surface area (Å²) in [5.41, 5.74) is 20.0. The van der Waals surface area contributed by atoms with Crippen LogP contribution in [-0.4, -0.2) is 40.8 Å². The molecule has 8 rings (SSSR count). The summed E-state index contributed by atoms with van der Waals surface area (Å²) < 4.78 is 0. The summed E-state index contributed by atoms with van der Waals surface area (Å²) in [5, 5.41) is 29.0. The van der Waals surface area contributed by atoms with Gasteiger partial charge in [-0.3, -0.25) is 20.4 Å². The number of hydrogen-bond donors (Lipinski definition) is 4. The Morgan fingerprint density at radius 1 is 0.266 bits per heavy atom. The summed E-state index contributed by atoms with van der Waals surface area (Å²) in [7, 11) is 0. The third-order valence-electron chi connectivity index (χ3n) is 11.2. The van der Waals surface area contributed by atoms with Crippen molar-refractivity contribution in [3.8, 4) is 45.0 Å². The minimum absolute atomic E-state index is 0.118. The molecule has 4 N–H and O–H groups in total. The zero-order valence-corrected chi connectivity index (χ0v) is 41.3. The van der Waals surface area contributed by atoms with Crippen LogP contribution in [0.3, 0.4) is 0 Å². The van der Waals surface area contributed by atoms with Crippen LogP contribution in [0.5, 0.6) is 0 Å². The molecule has 0 saturated heterocycles. The van der Waals surface area contributed by atoms with Crippen LogP contribution in [0.4, 0.5) is 0 Å². The Labute approximate surface area is 383 Å². The standard InChI is InChI=1S/4C14H18N2/c4*1-10-5-7-11(8-6-10)13-12(9-15-16-13)14(2,3)4/h4*5-9H,1-4H3,(H,15,16). The molecule has 0 aliphatic rings. The van der Waals surface area contributed by atoms with Crippen molar-refractivity contribution in [1.29, 1.82) is 0 Å². The summed E-state index contributed by atoms with van der Waals surface area (Å²) in [6.45, 7) is 34.8. The second kappa shape index (κ2) is 20.0. The molecule has 0 saturated carbocycles. The van der Waals surface area contributed by atoms with E-state index in [9.17, 15) is 0 Å². The second-order valence-corrected chi connectivity index (χ2v) is 21.1. The zero-order valence-electron chi connectivity index (χ0n) is 41.3. The second-order valence-electron chi connectivity index (χ2n) is 21.1. The third-order valence-corrected chi connectivity index (χ3v) is 11.2. The summed E-state index contributed by atoms with van der Waals surface area (Å²) >= 11 is 0. The Kier molecular flexibility index (Phi) is 15.3. The van der Waals surface area contributed by atoms with Crippen molar-refractivity contribution in [3.63, 3.8) is 0 Å². The molecule has 0 aliphatic heterocycles. The van der Waals surface area contributed by atoms with Gasteiger partial charge < -0.3 is 0 Å². The van der Waals surface area contributed by atoms with E-state index in [1.807, 2.05) is 24.8 Å². The van der Waals surface area contributed by atoms with Crippen LogP contribution in [0.15, 0.2) is 122 Å². The van der Waals surface area contributed by atoms with Gasteiger partial charge in [0.2, 0.25) is 0 Å². The molecule has 336 valence electrons. The van der Waals surface area contributed by atoms with Gasteiger partial charge in [-0.2, -0.15) is 20.4 Å². The highest BCUT2D eigenvalue weighted by atomic mass is 15.1. The van der Waals surface area contributed by atoms with Crippen molar-refractivity contribution >= 4 is 0 Å². The molecule has 64 heavy (non-hydrogen) atoms. The van der Waals surface area contributed by atoms with Crippen LogP contribution in [0.1, 0.15) is 128 Å². The highest BCUT2D eigenvalue weighted by molar-refractivity contribution is 5.67. The monoisotopic (exact) mass is 857 g/mol. The number of aromatic nitrogens is 8. The first kappa shape index (κ1) is 48.7. The number of nitrogens with zero attached hydrogens (tertiary/aromatic N) is 4. The van der Waals surface area contributed by atoms with E-state index in [1.165, 1.54) is 66.8 Å². The maximum absolute atomic E-state index is 4.16. The van der Waals surface area contributed by atoms with Crippen molar-refractivity contribution < 1.29 is 0 Å². The van der Waals surface area contributed by atoms with E-state index < -0.39 is 0 Å². The first-order chi connectivity index (χ1) is 29.9. The highest BCUT2D eigenvalue weighted by Crippen LogP contribution is 2.34. The van der Waals surface area contributed by atoms with E-state index in [-0.39, 0.29) is 21.7 Å². The lowest BCUT2D eigenvalue weighted by atomic mass is 9.86. The van der Waals surface area contributed by atoms with E-state index in [0.717, 1.165) is 22.8 Å². The largest absolute Gasteiger partial charge is 0.278 e. The number of benzene rings is 4. The number of aromatic amines is 4. The highest BCUT2D eigenvalue weighted by Gasteiger charge is 2.23. The van der Waals surface area contributed by atoms with Gasteiger partial charge in [-0.25, -0.2) is 0 Å². The topological polar surface area (TPSA) is 115 Å². The van der Waals surface area contributed by atoms with Crippen LogP contribution >= 0.6 is 0 Å². The van der Waals surface area contributed by atoms with Crippen molar-refractivity contribution in [2.24, 2.45) is 0 Å². The lowest BCUT2D eigenvalue weighted by molar-refractivity contribution is 0.592. The zero-order chi connectivity index (χ0) is 47.0. The molecule has 0 radical (unpaired) electrons. The smallest absolute Gasteiger partial charge is 0.0687 e. The van der Waals surface area contributed by atoms with Gasteiger partial charge in [-0.05, 0) is 71.6 Å². The van der Waals surface area contributed by atoms with E-state index in [1.54, 1.807) is 0 Å². The number of nitrogens with one attached hydrogen (secondary N) is 4. The molecule has 0 fully saturated rings. The van der Waals surface area contributed by atoms with Crippen LogP contribution < -0.4 is 0 Å². The van der Waals surface area contributed by atoms with Gasteiger partial charge >= 0.3 is 0 Å². The van der Waals surface area contributed by atoms with Crippen LogP contribution in [0.25, 0.3) is 45.0 Å². The molecule has 0 spiro atoms. The quantitative estimate of drug-likeness (QED) is 0.141. The van der Waals surface area contributed by atoms with Crippen molar-refractivity contribution in [3.05, 3.63) is 166 Å². The molecule has 0 aliphatic carbocycles. The lowest BCUT2D eigenvalue weighted by Crippen LogP contribution is -2.11. The van der Waals surface area contributed by atoms with E-state index >= 15 is 0 Å². The Hall–Kier alpha value is -6.28. The Bertz CT molecular complexity index is 2260. The van der Waals surface area contributed by atoms with Gasteiger partial charge in [-0.15, -0.1) is 0 Å². The van der Waals surface area contributed by atoms with Gasteiger partial charge in [0.15, 0.2) is 0 Å². The molecule has 8 heteroatoms. The van der Waals surface area contributed by atoms with Crippen molar-refractivity contribution in [2.75, 3.05) is 0 Å². The minimum Gasteiger partial charge on any atom is -0.278 e. The maximum Gasteiger partial charge on any atom is 0.0687 e. The van der Waals surface area contributed by atoms with E-state index in [4.69, 9.17) is 0 Å². The average Bonchev–Trinajstić information content (AvgIpc) is 4.06. The first-order valence-corrected chi connectivity index (χ1v) is 22.4. The SMILES string of the molecule is Cc1ccc(-c2[nH]ncc2C(C)(C)C)cc1.Cc1ccc(-c2[nH]ncc2C(C)(C)C)cc1.Cc1ccc(-c2[nH]ncc2C(C)(C)C)cc1.Cc1ccc(-c2[nH]ncc2C(C)(C)C)cc1. The summed E-state index contributed by atoms with van der Waals surface area (Å²) in [5.74, 6) is 0. The molecule has 4 aromatic carbocycles. The molecule has 0 bridgehead atoms. The molecular weight excluding hydrogens is 785 g/mol. The van der Waals surface area contributed by atoms with Crippen LogP contribution in [0, 0.1) is 27.7 Å². The molecule has 0 amide bonds. The van der Waals surface area contributed by atoms with Gasteiger partial charge in [0.25, 0.3) is 0 Å². The van der Waals surface area contributed by atoms with E-state index in [0.29, 0.717) is 0 Å². The number of rotatable bonds is 4. The van der Waals surface area contributed by atoms with E-state index in [2.05, 4.69) is 249 Å². The fraction of sp³-hybridized carbons (Fsp3) is 0.357. The minimum atomic E-state index is 0.118. The Morgan fingerprint density at radius 3 is 0.562 bits per heavy atom. The number of H-pyrrole nitrogens is 4. The molecule has 8 nitrogen and oxygen atoms in total. The molecule has 8 aromatic rings. The summed E-state index contributed by atoms with van der Waals surface area (Å²) in [4.78, 5) is 0. The average molecular weight is 857 g/mol. The summed E-state index contributed by atoms with van der Waals surface area (Å²) in [6.07, 6.45) is 7.70. The predicted octanol–water partition coefficient (Wildman–Crippen LogP) is 14.7. The third kappa shape index (κ3) is 12.9. The molecule has 0 atom stereocenters. The fourth-order valence-electron chi connectivity index (χ4n) is 7.18. The molecule has 0 unspecified atom stereocenters. The lowest BCUT2D eigenvalue weighted by Gasteiger charge is -2.18. The first-order valence-electron chi connectivity index (χ1n) is 22.4. The number of hydrogen-bond acceptors (Lipinski definition) is 4. The predicted molar refractivity (Wildman–Crippen MR) is 270 cm³/mol. The van der Waals surface area contributed by atoms with Gasteiger partial charge in [0.05, 0.1) is 47.6 Å². The number of aryl methyl sites for hydroxylation is 4. The fourth-order valence-corrected chi connectivity index (χ4v) is 7.18. The van der Waals surface area contributed by atoms with Crippen LogP contribution in [-0.2, 0) is 21.7 Å². The van der Waals surface area contributed by atoms with Gasteiger partial charge in [-0.1, -0.05) is 202 Å². The normalized spacial score (nSPS) is 11.8. The molecule has 4 aromatic heterocycles. The summed E-state index contributed by atoms with van der Waals surface area (Å²) in [6, 6.07) is 34.1. The van der Waals surface area contributed by atoms with Crippen molar-refractivity contribution in [1.82, 2.24) is 40.8 Å². The van der Waals surface area contributed by atoms with Crippen molar-refractivity contribution in [2.45, 2.75) is 132 Å². The maximum atomic E-state index is 4.16. The van der Waals surface area contributed by atoms with Gasteiger partial charge in [0, 0.05) is 22.3 Å². The Balaban J connectivity index is 0.000000161.